The number of unbranched alkanes of at least 4 members (excludes halogenated alkanes) is 33. The molecule has 0 saturated heterocycles. The minimum absolute atomic E-state index is 0.00352. The average molecular weight is 832 g/mol. The van der Waals surface area contributed by atoms with E-state index in [0.717, 1.165) is 44.9 Å². The Morgan fingerprint density at radius 3 is 1.22 bits per heavy atom. The molecule has 2 atom stereocenters. The molecule has 0 aromatic carbocycles. The van der Waals surface area contributed by atoms with Crippen LogP contribution >= 0.6 is 0 Å². The van der Waals surface area contributed by atoms with Crippen LogP contribution in [0.15, 0.2) is 24.3 Å². The van der Waals surface area contributed by atoms with Crippen LogP contribution in [0.2, 0.25) is 0 Å². The lowest BCUT2D eigenvalue weighted by molar-refractivity contribution is -0.143. The molecule has 0 radical (unpaired) electrons. The Hall–Kier alpha value is -1.66. The molecule has 2 unspecified atom stereocenters. The average Bonchev–Trinajstić information content (AvgIpc) is 3.24. The minimum Gasteiger partial charge on any atom is -0.466 e. The van der Waals surface area contributed by atoms with Crippen LogP contribution in [0.1, 0.15) is 277 Å². The van der Waals surface area contributed by atoms with Gasteiger partial charge in [-0.1, -0.05) is 212 Å². The largest absolute Gasteiger partial charge is 0.466 e. The molecule has 0 saturated carbocycles. The molecule has 6 nitrogen and oxygen atoms in total. The molecule has 0 bridgehead atoms. The van der Waals surface area contributed by atoms with Gasteiger partial charge < -0.3 is 20.3 Å². The summed E-state index contributed by atoms with van der Waals surface area (Å²) in [4.78, 5) is 24.4. The van der Waals surface area contributed by atoms with E-state index in [-0.39, 0.29) is 18.5 Å². The molecule has 348 valence electrons. The second-order valence-electron chi connectivity index (χ2n) is 17.8. The van der Waals surface area contributed by atoms with Crippen LogP contribution in [0, 0.1) is 0 Å². The van der Waals surface area contributed by atoms with Gasteiger partial charge in [-0.2, -0.15) is 0 Å². The number of aliphatic hydroxyl groups excluding tert-OH is 2. The first-order valence-corrected chi connectivity index (χ1v) is 26.1. The third-order valence-corrected chi connectivity index (χ3v) is 12.0. The van der Waals surface area contributed by atoms with Crippen molar-refractivity contribution >= 4 is 11.9 Å². The highest BCUT2D eigenvalue weighted by atomic mass is 16.5. The van der Waals surface area contributed by atoms with E-state index >= 15 is 0 Å². The van der Waals surface area contributed by atoms with E-state index in [1.165, 1.54) is 199 Å². The molecule has 0 fully saturated rings. The summed E-state index contributed by atoms with van der Waals surface area (Å²) in [5.41, 5.74) is 0. The summed E-state index contributed by atoms with van der Waals surface area (Å²) in [5, 5.41) is 23.1. The second kappa shape index (κ2) is 49.0. The zero-order valence-electron chi connectivity index (χ0n) is 39.5. The fourth-order valence-electron chi connectivity index (χ4n) is 7.92. The molecular weight excluding hydrogens is 731 g/mol. The molecule has 0 aliphatic rings. The Labute approximate surface area is 367 Å². The first kappa shape index (κ1) is 57.3. The number of carbonyl (C=O) groups is 2. The predicted molar refractivity (Wildman–Crippen MR) is 255 cm³/mol. The van der Waals surface area contributed by atoms with Gasteiger partial charge in [-0.3, -0.25) is 9.59 Å². The molecule has 3 N–H and O–H groups in total. The highest BCUT2D eigenvalue weighted by Crippen LogP contribution is 2.16. The van der Waals surface area contributed by atoms with Crippen molar-refractivity contribution < 1.29 is 24.5 Å². The smallest absolute Gasteiger partial charge is 0.305 e. The number of carbonyl (C=O) groups excluding carboxylic acids is 2. The van der Waals surface area contributed by atoms with E-state index in [1.54, 1.807) is 0 Å². The quantitative estimate of drug-likeness (QED) is 0.0322. The number of ether oxygens (including phenoxy) is 1. The van der Waals surface area contributed by atoms with Crippen molar-refractivity contribution in [2.75, 3.05) is 13.2 Å². The van der Waals surface area contributed by atoms with Crippen LogP contribution < -0.4 is 5.32 Å². The zero-order chi connectivity index (χ0) is 43.0. The highest BCUT2D eigenvalue weighted by Gasteiger charge is 2.20. The Bertz CT molecular complexity index is 920. The van der Waals surface area contributed by atoms with Gasteiger partial charge in [0.25, 0.3) is 0 Å². The summed E-state index contributed by atoms with van der Waals surface area (Å²) in [7, 11) is 0. The van der Waals surface area contributed by atoms with Crippen LogP contribution in [0.25, 0.3) is 0 Å². The van der Waals surface area contributed by atoms with Gasteiger partial charge in [0.1, 0.15) is 0 Å². The van der Waals surface area contributed by atoms with Gasteiger partial charge in [-0.25, -0.2) is 0 Å². The number of esters is 1. The summed E-state index contributed by atoms with van der Waals surface area (Å²) in [6, 6.07) is -0.545. The first-order valence-electron chi connectivity index (χ1n) is 26.1. The molecule has 0 heterocycles. The molecule has 0 rings (SSSR count). The standard InChI is InChI=1S/C53H101NO5/c1-3-5-7-9-11-13-14-23-27-31-35-39-43-47-53(58)59-48-44-40-36-32-28-25-22-20-18-16-15-17-19-21-24-26-30-34-38-42-46-52(57)54-50(49-55)51(56)45-41-37-33-29-12-10-8-6-4-2/h13-15,17,50-51,55-56H,3-12,16,18-49H2,1-2H3,(H,54,57)/b14-13-,17-15-. The molecule has 0 aromatic heterocycles. The number of aliphatic hydroxyl groups is 2. The Morgan fingerprint density at radius 1 is 0.458 bits per heavy atom. The Morgan fingerprint density at radius 2 is 0.797 bits per heavy atom. The number of hydrogen-bond donors (Lipinski definition) is 3. The lowest BCUT2D eigenvalue weighted by Crippen LogP contribution is -2.45. The van der Waals surface area contributed by atoms with Crippen LogP contribution in [-0.2, 0) is 14.3 Å². The van der Waals surface area contributed by atoms with Crippen molar-refractivity contribution in [3.63, 3.8) is 0 Å². The molecule has 1 amide bonds. The zero-order valence-corrected chi connectivity index (χ0v) is 39.5. The SMILES string of the molecule is CCCCCC/C=C\CCCCCCCC(=O)OCCCCCCCCCCC/C=C\CCCCCCCCCC(=O)NC(CO)C(O)CCCCCCCCCCC. The summed E-state index contributed by atoms with van der Waals surface area (Å²) in [6.07, 6.45) is 57.3. The van der Waals surface area contributed by atoms with E-state index in [2.05, 4.69) is 43.5 Å². The van der Waals surface area contributed by atoms with E-state index < -0.39 is 12.1 Å². The molecule has 6 heteroatoms. The van der Waals surface area contributed by atoms with E-state index in [9.17, 15) is 19.8 Å². The van der Waals surface area contributed by atoms with E-state index in [4.69, 9.17) is 4.74 Å². The van der Waals surface area contributed by atoms with Gasteiger partial charge in [0.05, 0.1) is 25.4 Å². The Kier molecular flexibility index (Phi) is 47.6. The molecular formula is C53H101NO5. The van der Waals surface area contributed by atoms with Crippen molar-refractivity contribution in [1.82, 2.24) is 5.32 Å². The lowest BCUT2D eigenvalue weighted by Gasteiger charge is -2.22. The van der Waals surface area contributed by atoms with Crippen LogP contribution in [0.4, 0.5) is 0 Å². The van der Waals surface area contributed by atoms with Crippen LogP contribution in [-0.4, -0.2) is 47.4 Å². The molecule has 59 heavy (non-hydrogen) atoms. The number of rotatable bonds is 48. The summed E-state index contributed by atoms with van der Waals surface area (Å²) < 4.78 is 5.46. The van der Waals surface area contributed by atoms with Gasteiger partial charge in [-0.05, 0) is 77.0 Å². The van der Waals surface area contributed by atoms with Gasteiger partial charge in [0, 0.05) is 12.8 Å². The fourth-order valence-corrected chi connectivity index (χ4v) is 7.92. The maximum atomic E-state index is 12.4. The van der Waals surface area contributed by atoms with Gasteiger partial charge >= 0.3 is 5.97 Å². The monoisotopic (exact) mass is 832 g/mol. The van der Waals surface area contributed by atoms with Crippen molar-refractivity contribution in [3.05, 3.63) is 24.3 Å². The Balaban J connectivity index is 3.41. The van der Waals surface area contributed by atoms with Crippen LogP contribution in [0.3, 0.4) is 0 Å². The van der Waals surface area contributed by atoms with Crippen molar-refractivity contribution in [2.45, 2.75) is 289 Å². The van der Waals surface area contributed by atoms with Crippen molar-refractivity contribution in [2.24, 2.45) is 0 Å². The lowest BCUT2D eigenvalue weighted by atomic mass is 10.0. The van der Waals surface area contributed by atoms with Crippen molar-refractivity contribution in [3.8, 4) is 0 Å². The van der Waals surface area contributed by atoms with Gasteiger partial charge in [0.2, 0.25) is 5.91 Å². The third kappa shape index (κ3) is 45.7. The van der Waals surface area contributed by atoms with E-state index in [0.29, 0.717) is 25.9 Å². The maximum Gasteiger partial charge on any atom is 0.305 e. The van der Waals surface area contributed by atoms with Gasteiger partial charge in [0.15, 0.2) is 0 Å². The molecule has 0 spiro atoms. The maximum absolute atomic E-state index is 12.4. The number of nitrogens with one attached hydrogen (secondary N) is 1. The normalized spacial score (nSPS) is 12.8. The van der Waals surface area contributed by atoms with E-state index in [1.807, 2.05) is 0 Å². The summed E-state index contributed by atoms with van der Waals surface area (Å²) in [5.74, 6) is -0.0500. The number of allylic oxidation sites excluding steroid dienone is 4. The summed E-state index contributed by atoms with van der Waals surface area (Å²) in [6.45, 7) is 4.90. The molecule has 0 aliphatic heterocycles. The fraction of sp³-hybridized carbons (Fsp3) is 0.887. The summed E-state index contributed by atoms with van der Waals surface area (Å²) >= 11 is 0. The minimum atomic E-state index is -0.667. The highest BCUT2D eigenvalue weighted by molar-refractivity contribution is 5.76. The van der Waals surface area contributed by atoms with Crippen molar-refractivity contribution in [1.29, 1.82) is 0 Å². The molecule has 0 aliphatic carbocycles. The number of amides is 1. The predicted octanol–water partition coefficient (Wildman–Crippen LogP) is 15.5. The molecule has 0 aromatic rings. The van der Waals surface area contributed by atoms with Gasteiger partial charge in [-0.15, -0.1) is 0 Å². The first-order chi connectivity index (χ1) is 29.0. The topological polar surface area (TPSA) is 95.9 Å². The number of hydrogen-bond acceptors (Lipinski definition) is 5. The van der Waals surface area contributed by atoms with Crippen LogP contribution in [0.5, 0.6) is 0 Å². The second-order valence-corrected chi connectivity index (χ2v) is 17.8. The third-order valence-electron chi connectivity index (χ3n) is 12.0.